The predicted molar refractivity (Wildman–Crippen MR) is 164 cm³/mol. The lowest BCUT2D eigenvalue weighted by molar-refractivity contribution is -0.139. The second-order valence-electron chi connectivity index (χ2n) is 11.5. The molecule has 0 saturated heterocycles. The summed E-state index contributed by atoms with van der Waals surface area (Å²) in [6.45, 7) is 8.03. The van der Waals surface area contributed by atoms with Gasteiger partial charge in [0.2, 0.25) is 11.8 Å². The molecule has 0 aliphatic rings. The minimum absolute atomic E-state index is 0.0983. The van der Waals surface area contributed by atoms with Crippen molar-refractivity contribution in [2.24, 2.45) is 0 Å². The van der Waals surface area contributed by atoms with Crippen LogP contribution in [0.15, 0.2) is 0 Å². The van der Waals surface area contributed by atoms with Crippen LogP contribution >= 0.6 is 0 Å². The highest BCUT2D eigenvalue weighted by molar-refractivity contribution is 5.88. The van der Waals surface area contributed by atoms with Gasteiger partial charge in [-0.05, 0) is 25.7 Å². The highest BCUT2D eigenvalue weighted by atomic mass is 16.4. The number of carbonyl (C=O) groups excluding carboxylic acids is 2. The first kappa shape index (κ1) is 37.4. The molecule has 0 spiro atoms. The van der Waals surface area contributed by atoms with Crippen molar-refractivity contribution in [3.8, 4) is 0 Å². The molecule has 0 heterocycles. The van der Waals surface area contributed by atoms with Crippen LogP contribution in [0, 0.1) is 0 Å². The van der Waals surface area contributed by atoms with Crippen molar-refractivity contribution < 1.29 is 19.5 Å². The number of hydrogen-bond acceptors (Lipinski definition) is 3. The smallest absolute Gasteiger partial charge is 0.303 e. The lowest BCUT2D eigenvalue weighted by Gasteiger charge is -2.28. The molecule has 0 aromatic heterocycles. The number of unbranched alkanes of at least 4 members (excludes halogenated alkanes) is 18. The Bertz CT molecular complexity index is 580. The third kappa shape index (κ3) is 24.0. The van der Waals surface area contributed by atoms with Gasteiger partial charge in [0.1, 0.15) is 6.04 Å². The topological polar surface area (TPSA) is 86.7 Å². The van der Waals surface area contributed by atoms with E-state index in [4.69, 9.17) is 0 Å². The van der Waals surface area contributed by atoms with Crippen molar-refractivity contribution in [3.05, 3.63) is 0 Å². The van der Waals surface area contributed by atoms with Crippen LogP contribution in [-0.2, 0) is 14.4 Å². The van der Waals surface area contributed by atoms with Crippen LogP contribution in [0.25, 0.3) is 0 Å². The molecule has 0 aliphatic heterocycles. The Labute approximate surface area is 241 Å². The Hall–Kier alpha value is -1.59. The number of carboxylic acid groups (broad SMARTS) is 1. The zero-order chi connectivity index (χ0) is 29.0. The predicted octanol–water partition coefficient (Wildman–Crippen LogP) is 8.81. The fourth-order valence-corrected chi connectivity index (χ4v) is 5.11. The molecular weight excluding hydrogens is 488 g/mol. The third-order valence-electron chi connectivity index (χ3n) is 7.66. The number of aliphatic carboxylic acids is 1. The monoisotopic (exact) mass is 552 g/mol. The molecule has 0 rings (SSSR count). The normalized spacial score (nSPS) is 11.9. The molecule has 0 fully saturated rings. The van der Waals surface area contributed by atoms with E-state index in [1.54, 1.807) is 0 Å². The van der Waals surface area contributed by atoms with E-state index in [0.29, 0.717) is 19.5 Å². The molecule has 6 nitrogen and oxygen atoms in total. The fourth-order valence-electron chi connectivity index (χ4n) is 5.11. The Morgan fingerprint density at radius 3 is 1.36 bits per heavy atom. The molecule has 2 N–H and O–H groups in total. The van der Waals surface area contributed by atoms with Crippen LogP contribution < -0.4 is 5.32 Å². The summed E-state index contributed by atoms with van der Waals surface area (Å²) in [6, 6.07) is -0.743. The highest BCUT2D eigenvalue weighted by Gasteiger charge is 2.26. The maximum Gasteiger partial charge on any atom is 0.303 e. The Balaban J connectivity index is 4.81. The van der Waals surface area contributed by atoms with Gasteiger partial charge < -0.3 is 15.3 Å². The largest absolute Gasteiger partial charge is 0.481 e. The van der Waals surface area contributed by atoms with Gasteiger partial charge in [0.25, 0.3) is 0 Å². The lowest BCUT2D eigenvalue weighted by atomic mass is 10.1. The van der Waals surface area contributed by atoms with E-state index in [1.807, 2.05) is 4.90 Å². The van der Waals surface area contributed by atoms with Crippen LogP contribution in [0.1, 0.15) is 175 Å². The summed E-state index contributed by atoms with van der Waals surface area (Å²) in [7, 11) is 0. The van der Waals surface area contributed by atoms with Crippen molar-refractivity contribution >= 4 is 17.8 Å². The van der Waals surface area contributed by atoms with Gasteiger partial charge in [-0.15, -0.1) is 0 Å². The minimum atomic E-state index is -0.931. The SMILES string of the molecule is CCCCCCCCCCCC(=O)NC(CCC(=O)O)C(=O)N(CCCCCCCC)CCCCCCCC. The van der Waals surface area contributed by atoms with Gasteiger partial charge in [0, 0.05) is 25.9 Å². The molecular formula is C33H64N2O4. The van der Waals surface area contributed by atoms with Crippen LogP contribution in [-0.4, -0.2) is 46.9 Å². The lowest BCUT2D eigenvalue weighted by Crippen LogP contribution is -2.49. The first-order chi connectivity index (χ1) is 19.0. The highest BCUT2D eigenvalue weighted by Crippen LogP contribution is 2.13. The van der Waals surface area contributed by atoms with E-state index < -0.39 is 12.0 Å². The van der Waals surface area contributed by atoms with E-state index in [1.165, 1.54) is 89.9 Å². The van der Waals surface area contributed by atoms with E-state index in [-0.39, 0.29) is 24.7 Å². The van der Waals surface area contributed by atoms with Gasteiger partial charge in [0.05, 0.1) is 0 Å². The molecule has 0 saturated carbocycles. The minimum Gasteiger partial charge on any atom is -0.481 e. The second-order valence-corrected chi connectivity index (χ2v) is 11.5. The van der Waals surface area contributed by atoms with Gasteiger partial charge in [-0.3, -0.25) is 14.4 Å². The summed E-state index contributed by atoms with van der Waals surface area (Å²) in [5, 5.41) is 12.2. The number of carboxylic acids is 1. The van der Waals surface area contributed by atoms with Gasteiger partial charge in [-0.25, -0.2) is 0 Å². The van der Waals surface area contributed by atoms with Crippen molar-refractivity contribution in [3.63, 3.8) is 0 Å². The van der Waals surface area contributed by atoms with Crippen LogP contribution in [0.3, 0.4) is 0 Å². The number of nitrogens with zero attached hydrogens (tertiary/aromatic N) is 1. The molecule has 0 aromatic carbocycles. The first-order valence-electron chi connectivity index (χ1n) is 16.8. The van der Waals surface area contributed by atoms with Crippen molar-refractivity contribution in [1.29, 1.82) is 0 Å². The molecule has 230 valence electrons. The zero-order valence-electron chi connectivity index (χ0n) is 26.1. The number of rotatable bonds is 29. The summed E-state index contributed by atoms with van der Waals surface area (Å²) >= 11 is 0. The maximum absolute atomic E-state index is 13.6. The molecule has 1 atom stereocenters. The average molecular weight is 553 g/mol. The quantitative estimate of drug-likeness (QED) is 0.0908. The third-order valence-corrected chi connectivity index (χ3v) is 7.66. The molecule has 0 aliphatic carbocycles. The van der Waals surface area contributed by atoms with Gasteiger partial charge in [-0.2, -0.15) is 0 Å². The van der Waals surface area contributed by atoms with Crippen molar-refractivity contribution in [1.82, 2.24) is 10.2 Å². The van der Waals surface area contributed by atoms with Crippen molar-refractivity contribution in [2.45, 2.75) is 181 Å². The fraction of sp³-hybridized carbons (Fsp3) is 0.909. The summed E-state index contributed by atoms with van der Waals surface area (Å²) in [4.78, 5) is 39.5. The molecule has 2 amide bonds. The van der Waals surface area contributed by atoms with Crippen molar-refractivity contribution in [2.75, 3.05) is 13.1 Å². The maximum atomic E-state index is 13.6. The molecule has 6 heteroatoms. The first-order valence-corrected chi connectivity index (χ1v) is 16.8. The molecule has 1 unspecified atom stereocenters. The van der Waals surface area contributed by atoms with Gasteiger partial charge in [0.15, 0.2) is 0 Å². The van der Waals surface area contributed by atoms with E-state index in [9.17, 15) is 19.5 Å². The Morgan fingerprint density at radius 1 is 0.564 bits per heavy atom. The van der Waals surface area contributed by atoms with Gasteiger partial charge >= 0.3 is 5.97 Å². The van der Waals surface area contributed by atoms with Crippen LogP contribution in [0.4, 0.5) is 0 Å². The number of amides is 2. The summed E-state index contributed by atoms with van der Waals surface area (Å²) in [6.07, 6.45) is 25.0. The molecule has 0 aromatic rings. The number of hydrogen-bond donors (Lipinski definition) is 2. The Morgan fingerprint density at radius 2 is 0.949 bits per heavy atom. The molecule has 39 heavy (non-hydrogen) atoms. The summed E-state index contributed by atoms with van der Waals surface area (Å²) < 4.78 is 0. The molecule has 0 radical (unpaired) electrons. The van der Waals surface area contributed by atoms with E-state index >= 15 is 0 Å². The van der Waals surface area contributed by atoms with Crippen LogP contribution in [0.5, 0.6) is 0 Å². The van der Waals surface area contributed by atoms with E-state index in [2.05, 4.69) is 26.1 Å². The average Bonchev–Trinajstić information content (AvgIpc) is 2.92. The summed E-state index contributed by atoms with van der Waals surface area (Å²) in [5.74, 6) is -1.15. The van der Waals surface area contributed by atoms with Gasteiger partial charge in [-0.1, -0.05) is 136 Å². The second kappa shape index (κ2) is 28.0. The number of nitrogens with one attached hydrogen (secondary N) is 1. The van der Waals surface area contributed by atoms with Crippen LogP contribution in [0.2, 0.25) is 0 Å². The summed E-state index contributed by atoms with van der Waals surface area (Å²) in [5.41, 5.74) is 0. The molecule has 0 bridgehead atoms. The zero-order valence-corrected chi connectivity index (χ0v) is 26.1. The standard InChI is InChI=1S/C33H64N2O4/c1-4-7-10-13-16-17-18-19-22-25-31(36)34-30(26-27-32(37)38)33(39)35(28-23-20-14-11-8-5-2)29-24-21-15-12-9-6-3/h30H,4-29H2,1-3H3,(H,34,36)(H,37,38). The van der Waals surface area contributed by atoms with E-state index in [0.717, 1.165) is 44.9 Å². The Kier molecular flexibility index (Phi) is 26.8. The number of carbonyl (C=O) groups is 3.